The predicted octanol–water partition coefficient (Wildman–Crippen LogP) is 2.45. The molecule has 0 saturated heterocycles. The van der Waals surface area contributed by atoms with E-state index in [9.17, 15) is 14.9 Å². The first-order chi connectivity index (χ1) is 6.50. The van der Waals surface area contributed by atoms with E-state index in [0.29, 0.717) is 4.47 Å². The highest BCUT2D eigenvalue weighted by Crippen LogP contribution is 2.26. The number of nitro benzene ring substituents is 1. The monoisotopic (exact) mass is 260 g/mol. The van der Waals surface area contributed by atoms with E-state index in [1.807, 2.05) is 5.32 Å². The fourth-order valence-corrected chi connectivity index (χ4v) is 1.18. The Hall–Kier alpha value is -1.63. The van der Waals surface area contributed by atoms with Gasteiger partial charge in [-0.1, -0.05) is 0 Å². The van der Waals surface area contributed by atoms with Gasteiger partial charge in [0.25, 0.3) is 5.69 Å². The van der Waals surface area contributed by atoms with Crippen LogP contribution in [0.2, 0.25) is 0 Å². The van der Waals surface area contributed by atoms with Gasteiger partial charge >= 0.3 is 6.09 Å². The molecule has 74 valence electrons. The van der Waals surface area contributed by atoms with Crippen molar-refractivity contribution in [3.8, 4) is 0 Å². The van der Waals surface area contributed by atoms with Crippen molar-refractivity contribution in [2.75, 3.05) is 5.32 Å². The summed E-state index contributed by atoms with van der Waals surface area (Å²) in [5.41, 5.74) is -0.0244. The quantitative estimate of drug-likeness (QED) is 0.631. The standard InChI is InChI=1S/C7H5BrN2O4/c8-5-2-1-4(10(13)14)3-6(5)9-7(11)12/h1-3,9H,(H,11,12). The third-order valence-electron chi connectivity index (χ3n) is 1.40. The molecular weight excluding hydrogens is 256 g/mol. The smallest absolute Gasteiger partial charge is 0.409 e. The number of nitrogens with zero attached hydrogens (tertiary/aromatic N) is 1. The summed E-state index contributed by atoms with van der Waals surface area (Å²) in [6, 6.07) is 3.82. The summed E-state index contributed by atoms with van der Waals surface area (Å²) in [4.78, 5) is 20.1. The summed E-state index contributed by atoms with van der Waals surface area (Å²) >= 11 is 3.06. The second kappa shape index (κ2) is 4.05. The SMILES string of the molecule is O=C(O)Nc1cc([N+](=O)[O-])ccc1Br. The number of benzene rings is 1. The number of carbonyl (C=O) groups is 1. The lowest BCUT2D eigenvalue weighted by atomic mass is 10.3. The Balaban J connectivity index is 3.08. The van der Waals surface area contributed by atoms with Gasteiger partial charge in [0.1, 0.15) is 0 Å². The highest BCUT2D eigenvalue weighted by atomic mass is 79.9. The van der Waals surface area contributed by atoms with Crippen LogP contribution < -0.4 is 5.32 Å². The fourth-order valence-electron chi connectivity index (χ4n) is 0.838. The van der Waals surface area contributed by atoms with E-state index in [2.05, 4.69) is 15.9 Å². The van der Waals surface area contributed by atoms with Crippen molar-refractivity contribution >= 4 is 33.4 Å². The molecule has 0 atom stereocenters. The zero-order chi connectivity index (χ0) is 10.7. The number of amides is 1. The number of non-ortho nitro benzene ring substituents is 1. The average Bonchev–Trinajstić information content (AvgIpc) is 2.07. The lowest BCUT2D eigenvalue weighted by Gasteiger charge is -2.02. The number of hydrogen-bond acceptors (Lipinski definition) is 3. The zero-order valence-electron chi connectivity index (χ0n) is 6.73. The van der Waals surface area contributed by atoms with Crippen LogP contribution in [0.15, 0.2) is 22.7 Å². The second-order valence-electron chi connectivity index (χ2n) is 2.35. The van der Waals surface area contributed by atoms with E-state index in [1.54, 1.807) is 0 Å². The summed E-state index contributed by atoms with van der Waals surface area (Å²) in [6.45, 7) is 0. The van der Waals surface area contributed by atoms with Gasteiger partial charge in [-0.05, 0) is 22.0 Å². The van der Waals surface area contributed by atoms with Gasteiger partial charge in [-0.25, -0.2) is 4.79 Å². The molecule has 0 saturated carbocycles. The van der Waals surface area contributed by atoms with Crippen molar-refractivity contribution in [2.45, 2.75) is 0 Å². The summed E-state index contributed by atoms with van der Waals surface area (Å²) in [5, 5.41) is 20.8. The Bertz CT molecular complexity index is 393. The van der Waals surface area contributed by atoms with Crippen LogP contribution in [0, 0.1) is 10.1 Å². The van der Waals surface area contributed by atoms with E-state index >= 15 is 0 Å². The number of rotatable bonds is 2. The van der Waals surface area contributed by atoms with E-state index in [0.717, 1.165) is 6.07 Å². The van der Waals surface area contributed by atoms with Crippen molar-refractivity contribution < 1.29 is 14.8 Å². The number of carboxylic acid groups (broad SMARTS) is 1. The van der Waals surface area contributed by atoms with Crippen LogP contribution in [0.25, 0.3) is 0 Å². The largest absolute Gasteiger partial charge is 0.465 e. The van der Waals surface area contributed by atoms with Gasteiger partial charge in [0.2, 0.25) is 0 Å². The molecule has 0 unspecified atom stereocenters. The lowest BCUT2D eigenvalue weighted by Crippen LogP contribution is -2.07. The molecule has 2 N–H and O–H groups in total. The molecular formula is C7H5BrN2O4. The van der Waals surface area contributed by atoms with Gasteiger partial charge < -0.3 is 5.11 Å². The van der Waals surface area contributed by atoms with E-state index in [4.69, 9.17) is 5.11 Å². The molecule has 0 fully saturated rings. The third-order valence-corrected chi connectivity index (χ3v) is 2.09. The number of hydrogen-bond donors (Lipinski definition) is 2. The summed E-state index contributed by atoms with van der Waals surface area (Å²) in [5.74, 6) is 0. The molecule has 0 aliphatic heterocycles. The molecule has 1 amide bonds. The molecule has 0 aliphatic carbocycles. The van der Waals surface area contributed by atoms with Crippen LogP contribution in [0.4, 0.5) is 16.2 Å². The maximum absolute atomic E-state index is 10.4. The van der Waals surface area contributed by atoms with E-state index in [-0.39, 0.29) is 11.4 Å². The number of nitro groups is 1. The second-order valence-corrected chi connectivity index (χ2v) is 3.21. The summed E-state index contributed by atoms with van der Waals surface area (Å²) in [6.07, 6.45) is -1.27. The first-order valence-corrected chi connectivity index (χ1v) is 4.24. The molecule has 0 aliphatic rings. The van der Waals surface area contributed by atoms with Crippen LogP contribution in [-0.2, 0) is 0 Å². The first-order valence-electron chi connectivity index (χ1n) is 3.44. The molecule has 1 rings (SSSR count). The molecule has 1 aromatic rings. The molecule has 7 heteroatoms. The molecule has 6 nitrogen and oxygen atoms in total. The minimum Gasteiger partial charge on any atom is -0.465 e. The molecule has 0 aromatic heterocycles. The van der Waals surface area contributed by atoms with E-state index in [1.165, 1.54) is 12.1 Å². The fraction of sp³-hybridized carbons (Fsp3) is 0. The highest BCUT2D eigenvalue weighted by Gasteiger charge is 2.10. The van der Waals surface area contributed by atoms with Crippen LogP contribution >= 0.6 is 15.9 Å². The average molecular weight is 261 g/mol. The molecule has 0 bridgehead atoms. The van der Waals surface area contributed by atoms with Crippen molar-refractivity contribution in [1.29, 1.82) is 0 Å². The number of anilines is 1. The van der Waals surface area contributed by atoms with Crippen molar-refractivity contribution in [2.24, 2.45) is 0 Å². The number of nitrogens with one attached hydrogen (secondary N) is 1. The number of halogens is 1. The van der Waals surface area contributed by atoms with Crippen LogP contribution in [0.5, 0.6) is 0 Å². The van der Waals surface area contributed by atoms with Gasteiger partial charge in [0.05, 0.1) is 10.6 Å². The maximum atomic E-state index is 10.4. The minimum absolute atomic E-state index is 0.145. The zero-order valence-corrected chi connectivity index (χ0v) is 8.32. The normalized spacial score (nSPS) is 9.50. The van der Waals surface area contributed by atoms with Gasteiger partial charge in [-0.15, -0.1) is 0 Å². The van der Waals surface area contributed by atoms with Crippen LogP contribution in [-0.4, -0.2) is 16.1 Å². The molecule has 0 spiro atoms. The molecule has 0 radical (unpaired) electrons. The Morgan fingerprint density at radius 3 is 2.71 bits per heavy atom. The van der Waals surface area contributed by atoms with Crippen molar-refractivity contribution in [3.05, 3.63) is 32.8 Å². The topological polar surface area (TPSA) is 92.5 Å². The predicted molar refractivity (Wildman–Crippen MR) is 52.4 cm³/mol. The maximum Gasteiger partial charge on any atom is 0.409 e. The molecule has 0 heterocycles. The first kappa shape index (κ1) is 10.5. The summed E-state index contributed by atoms with van der Waals surface area (Å²) in [7, 11) is 0. The third kappa shape index (κ3) is 2.43. The van der Waals surface area contributed by atoms with Crippen molar-refractivity contribution in [1.82, 2.24) is 0 Å². The van der Waals surface area contributed by atoms with Gasteiger partial charge in [0.15, 0.2) is 0 Å². The Morgan fingerprint density at radius 1 is 1.57 bits per heavy atom. The van der Waals surface area contributed by atoms with Gasteiger partial charge in [-0.3, -0.25) is 15.4 Å². The van der Waals surface area contributed by atoms with Crippen molar-refractivity contribution in [3.63, 3.8) is 0 Å². The van der Waals surface area contributed by atoms with E-state index < -0.39 is 11.0 Å². The minimum atomic E-state index is -1.27. The summed E-state index contributed by atoms with van der Waals surface area (Å²) < 4.78 is 0.450. The Kier molecular flexibility index (Phi) is 3.03. The van der Waals surface area contributed by atoms with Gasteiger partial charge in [-0.2, -0.15) is 0 Å². The Morgan fingerprint density at radius 2 is 2.21 bits per heavy atom. The molecule has 14 heavy (non-hydrogen) atoms. The Labute approximate surface area is 86.8 Å². The molecule has 1 aromatic carbocycles. The van der Waals surface area contributed by atoms with Gasteiger partial charge in [0, 0.05) is 16.6 Å². The van der Waals surface area contributed by atoms with Crippen LogP contribution in [0.3, 0.4) is 0 Å². The van der Waals surface area contributed by atoms with Crippen LogP contribution in [0.1, 0.15) is 0 Å². The highest BCUT2D eigenvalue weighted by molar-refractivity contribution is 9.10. The lowest BCUT2D eigenvalue weighted by molar-refractivity contribution is -0.384.